The Labute approximate surface area is 71.4 Å². The van der Waals surface area contributed by atoms with Crippen molar-refractivity contribution < 1.29 is 4.39 Å². The number of halogens is 3. The third-order valence-electron chi connectivity index (χ3n) is 1.04. The van der Waals surface area contributed by atoms with Crippen LogP contribution in [0.3, 0.4) is 0 Å². The van der Waals surface area contributed by atoms with Crippen LogP contribution in [0.1, 0.15) is 5.56 Å². The molecule has 0 saturated heterocycles. The molecule has 0 aliphatic carbocycles. The van der Waals surface area contributed by atoms with Gasteiger partial charge in [0.2, 0.25) is 5.95 Å². The van der Waals surface area contributed by atoms with Gasteiger partial charge in [0.05, 0.1) is 5.88 Å². The molecule has 0 aliphatic heterocycles. The average Bonchev–Trinajstić information content (AvgIpc) is 1.88. The van der Waals surface area contributed by atoms with Gasteiger partial charge in [-0.15, -0.1) is 11.6 Å². The van der Waals surface area contributed by atoms with E-state index in [0.29, 0.717) is 10.2 Å². The van der Waals surface area contributed by atoms with E-state index in [4.69, 9.17) is 11.6 Å². The first-order valence-corrected chi connectivity index (χ1v) is 3.93. The highest BCUT2D eigenvalue weighted by molar-refractivity contribution is 9.10. The Kier molecular flexibility index (Phi) is 2.63. The van der Waals surface area contributed by atoms with E-state index in [1.165, 1.54) is 0 Å². The van der Waals surface area contributed by atoms with Crippen LogP contribution < -0.4 is 0 Å². The van der Waals surface area contributed by atoms with Crippen LogP contribution >= 0.6 is 27.5 Å². The van der Waals surface area contributed by atoms with Crippen LogP contribution in [0.15, 0.2) is 16.7 Å². The van der Waals surface area contributed by atoms with Crippen LogP contribution in [0.5, 0.6) is 0 Å². The highest BCUT2D eigenvalue weighted by atomic mass is 79.9. The van der Waals surface area contributed by atoms with E-state index in [9.17, 15) is 4.39 Å². The molecule has 1 aromatic rings. The highest BCUT2D eigenvalue weighted by Gasteiger charge is 2.00. The largest absolute Gasteiger partial charge is 0.218 e. The summed E-state index contributed by atoms with van der Waals surface area (Å²) in [6, 6.07) is 3.25. The Morgan fingerprint density at radius 2 is 2.30 bits per heavy atom. The third-order valence-corrected chi connectivity index (χ3v) is 1.77. The molecule has 4 heteroatoms. The van der Waals surface area contributed by atoms with Gasteiger partial charge in [0.25, 0.3) is 0 Å². The van der Waals surface area contributed by atoms with Gasteiger partial charge in [-0.2, -0.15) is 4.39 Å². The van der Waals surface area contributed by atoms with Gasteiger partial charge < -0.3 is 0 Å². The van der Waals surface area contributed by atoms with Crippen LogP contribution in [0.2, 0.25) is 0 Å². The maximum atomic E-state index is 12.6. The van der Waals surface area contributed by atoms with Crippen molar-refractivity contribution in [1.29, 1.82) is 0 Å². The molecule has 0 saturated carbocycles. The van der Waals surface area contributed by atoms with Crippen molar-refractivity contribution >= 4 is 27.5 Å². The molecule has 10 heavy (non-hydrogen) atoms. The summed E-state index contributed by atoms with van der Waals surface area (Å²) < 4.78 is 13.1. The van der Waals surface area contributed by atoms with Gasteiger partial charge >= 0.3 is 0 Å². The topological polar surface area (TPSA) is 12.9 Å². The molecule has 1 aromatic heterocycles. The molecule has 0 unspecified atom stereocenters. The number of pyridine rings is 1. The Morgan fingerprint density at radius 3 is 2.80 bits per heavy atom. The predicted octanol–water partition coefficient (Wildman–Crippen LogP) is 2.72. The molecule has 1 rings (SSSR count). The molecule has 0 spiro atoms. The third kappa shape index (κ3) is 1.67. The van der Waals surface area contributed by atoms with E-state index in [-0.39, 0.29) is 5.88 Å². The molecular weight excluding hydrogens is 220 g/mol. The summed E-state index contributed by atoms with van der Waals surface area (Å²) in [6.07, 6.45) is 0. The summed E-state index contributed by atoms with van der Waals surface area (Å²) in [7, 11) is 0. The van der Waals surface area contributed by atoms with Crippen molar-refractivity contribution in [3.63, 3.8) is 0 Å². The van der Waals surface area contributed by atoms with Gasteiger partial charge in [-0.3, -0.25) is 0 Å². The van der Waals surface area contributed by atoms with E-state index in [0.717, 1.165) is 0 Å². The monoisotopic (exact) mass is 223 g/mol. The second-order valence-corrected chi connectivity index (χ2v) is 2.80. The summed E-state index contributed by atoms with van der Waals surface area (Å²) in [5.74, 6) is -0.351. The van der Waals surface area contributed by atoms with Crippen LogP contribution in [-0.2, 0) is 5.88 Å². The molecule has 0 bridgehead atoms. The Bertz CT molecular complexity index is 241. The standard InChI is InChI=1S/C6H4BrClFN/c7-5-2-1-4(3-8)6(9)10-5/h1-2H,3H2. The molecule has 0 amide bonds. The molecule has 0 aromatic carbocycles. The quantitative estimate of drug-likeness (QED) is 0.528. The number of alkyl halides is 1. The van der Waals surface area contributed by atoms with E-state index in [2.05, 4.69) is 20.9 Å². The van der Waals surface area contributed by atoms with Crippen molar-refractivity contribution in [2.45, 2.75) is 5.88 Å². The van der Waals surface area contributed by atoms with Crippen molar-refractivity contribution in [2.24, 2.45) is 0 Å². The lowest BCUT2D eigenvalue weighted by Crippen LogP contribution is -1.89. The minimum atomic E-state index is -0.510. The van der Waals surface area contributed by atoms with Crippen LogP contribution in [0.25, 0.3) is 0 Å². The lowest BCUT2D eigenvalue weighted by Gasteiger charge is -1.95. The number of hydrogen-bond donors (Lipinski definition) is 0. The fourth-order valence-electron chi connectivity index (χ4n) is 0.541. The first-order chi connectivity index (χ1) is 4.74. The van der Waals surface area contributed by atoms with Crippen LogP contribution in [0.4, 0.5) is 4.39 Å². The van der Waals surface area contributed by atoms with Crippen LogP contribution in [-0.4, -0.2) is 4.98 Å². The SMILES string of the molecule is Fc1nc(Br)ccc1CCl. The fourth-order valence-corrected chi connectivity index (χ4v) is 1.03. The maximum Gasteiger partial charge on any atom is 0.218 e. The van der Waals surface area contributed by atoms with E-state index < -0.39 is 5.95 Å². The molecule has 0 atom stereocenters. The first-order valence-electron chi connectivity index (χ1n) is 2.61. The lowest BCUT2D eigenvalue weighted by molar-refractivity contribution is 0.570. The molecule has 54 valence electrons. The molecule has 1 heterocycles. The van der Waals surface area contributed by atoms with Crippen LogP contribution in [0, 0.1) is 5.95 Å². The molecule has 0 N–H and O–H groups in total. The Hall–Kier alpha value is -0.150. The second kappa shape index (κ2) is 3.30. The van der Waals surface area contributed by atoms with Gasteiger partial charge in [-0.25, -0.2) is 4.98 Å². The lowest BCUT2D eigenvalue weighted by atomic mass is 10.3. The average molecular weight is 224 g/mol. The van der Waals surface area contributed by atoms with Crippen molar-refractivity contribution in [3.05, 3.63) is 28.2 Å². The summed E-state index contributed by atoms with van der Waals surface area (Å²) >= 11 is 8.42. The number of nitrogens with zero attached hydrogens (tertiary/aromatic N) is 1. The summed E-state index contributed by atoms with van der Waals surface area (Å²) in [5, 5.41) is 0. The van der Waals surface area contributed by atoms with Gasteiger partial charge in [0.15, 0.2) is 0 Å². The zero-order valence-electron chi connectivity index (χ0n) is 4.94. The Morgan fingerprint density at radius 1 is 1.60 bits per heavy atom. The minimum absolute atomic E-state index is 0.159. The minimum Gasteiger partial charge on any atom is -0.212 e. The number of hydrogen-bond acceptors (Lipinski definition) is 1. The number of rotatable bonds is 1. The fraction of sp³-hybridized carbons (Fsp3) is 0.167. The molecular formula is C6H4BrClFN. The zero-order valence-corrected chi connectivity index (χ0v) is 7.28. The van der Waals surface area contributed by atoms with Crippen molar-refractivity contribution in [1.82, 2.24) is 4.98 Å². The first kappa shape index (κ1) is 7.95. The van der Waals surface area contributed by atoms with Gasteiger partial charge in [0, 0.05) is 5.56 Å². The zero-order chi connectivity index (χ0) is 7.56. The number of aromatic nitrogens is 1. The van der Waals surface area contributed by atoms with E-state index >= 15 is 0 Å². The van der Waals surface area contributed by atoms with Crippen molar-refractivity contribution in [2.75, 3.05) is 0 Å². The Balaban J connectivity index is 3.07. The van der Waals surface area contributed by atoms with Gasteiger partial charge in [-0.05, 0) is 22.0 Å². The maximum absolute atomic E-state index is 12.6. The molecule has 0 fully saturated rings. The highest BCUT2D eigenvalue weighted by Crippen LogP contribution is 2.12. The van der Waals surface area contributed by atoms with E-state index in [1.807, 2.05) is 0 Å². The van der Waals surface area contributed by atoms with Crippen molar-refractivity contribution in [3.8, 4) is 0 Å². The van der Waals surface area contributed by atoms with E-state index in [1.54, 1.807) is 12.1 Å². The summed E-state index contributed by atoms with van der Waals surface area (Å²) in [4.78, 5) is 3.51. The smallest absolute Gasteiger partial charge is 0.212 e. The molecule has 0 aliphatic rings. The van der Waals surface area contributed by atoms with Gasteiger partial charge in [0.1, 0.15) is 4.60 Å². The summed E-state index contributed by atoms with van der Waals surface area (Å²) in [5.41, 5.74) is 0.421. The molecule has 0 radical (unpaired) electrons. The normalized spacial score (nSPS) is 9.90. The summed E-state index contributed by atoms with van der Waals surface area (Å²) in [6.45, 7) is 0. The second-order valence-electron chi connectivity index (χ2n) is 1.72. The van der Waals surface area contributed by atoms with Gasteiger partial charge in [-0.1, -0.05) is 6.07 Å². The molecule has 1 nitrogen and oxygen atoms in total. The predicted molar refractivity (Wildman–Crippen MR) is 41.5 cm³/mol.